The summed E-state index contributed by atoms with van der Waals surface area (Å²) >= 11 is 0. The van der Waals surface area contributed by atoms with Gasteiger partial charge in [0.05, 0.1) is 13.0 Å². The lowest BCUT2D eigenvalue weighted by molar-refractivity contribution is -0.138. The third-order valence-corrected chi connectivity index (χ3v) is 1.65. The summed E-state index contributed by atoms with van der Waals surface area (Å²) in [4.78, 5) is 21.8. The summed E-state index contributed by atoms with van der Waals surface area (Å²) in [5.74, 6) is -1.15. The Morgan fingerprint density at radius 2 is 2.07 bits per heavy atom. The summed E-state index contributed by atoms with van der Waals surface area (Å²) in [5.41, 5.74) is -0.723. The van der Waals surface area contributed by atoms with E-state index in [2.05, 4.69) is 17.2 Å². The maximum atomic E-state index is 11.3. The number of amides is 1. The number of carbonyl (C=O) groups excluding carboxylic acids is 1. The second kappa shape index (κ2) is 6.19. The first kappa shape index (κ1) is 13.6. The molecule has 0 rings (SSSR count). The molecule has 86 valence electrons. The quantitative estimate of drug-likeness (QED) is 0.416. The van der Waals surface area contributed by atoms with Crippen molar-refractivity contribution in [2.45, 2.75) is 25.8 Å². The van der Waals surface area contributed by atoms with Gasteiger partial charge in [0.2, 0.25) is 5.91 Å². The molecule has 5 nitrogen and oxygen atoms in total. The van der Waals surface area contributed by atoms with Gasteiger partial charge in [-0.05, 0) is 13.8 Å². The summed E-state index contributed by atoms with van der Waals surface area (Å²) < 4.78 is 0. The van der Waals surface area contributed by atoms with E-state index in [0.717, 1.165) is 0 Å². The average molecular weight is 214 g/mol. The van der Waals surface area contributed by atoms with Gasteiger partial charge in [-0.3, -0.25) is 9.59 Å². The standard InChI is InChI=1S/C10H18N2O3/c1-4-5-11-7-8(13)12-10(2,3)6-9(14)15/h4,11H,1,5-7H2,2-3H3,(H,12,13)(H,14,15). The molecule has 0 aromatic rings. The highest BCUT2D eigenvalue weighted by Gasteiger charge is 2.23. The van der Waals surface area contributed by atoms with Crippen LogP contribution in [0.3, 0.4) is 0 Å². The first-order chi connectivity index (χ1) is 6.87. The van der Waals surface area contributed by atoms with Crippen molar-refractivity contribution in [3.05, 3.63) is 12.7 Å². The first-order valence-electron chi connectivity index (χ1n) is 4.72. The maximum absolute atomic E-state index is 11.3. The molecule has 3 N–H and O–H groups in total. The highest BCUT2D eigenvalue weighted by Crippen LogP contribution is 2.07. The van der Waals surface area contributed by atoms with Crippen molar-refractivity contribution in [1.29, 1.82) is 0 Å². The van der Waals surface area contributed by atoms with Crippen LogP contribution < -0.4 is 10.6 Å². The second-order valence-corrected chi connectivity index (χ2v) is 3.92. The van der Waals surface area contributed by atoms with Crippen LogP contribution in [0.1, 0.15) is 20.3 Å². The van der Waals surface area contributed by atoms with Crippen LogP contribution in [0.15, 0.2) is 12.7 Å². The monoisotopic (exact) mass is 214 g/mol. The van der Waals surface area contributed by atoms with E-state index in [0.29, 0.717) is 6.54 Å². The lowest BCUT2D eigenvalue weighted by Gasteiger charge is -2.24. The van der Waals surface area contributed by atoms with E-state index < -0.39 is 11.5 Å². The third-order valence-electron chi connectivity index (χ3n) is 1.65. The molecule has 0 aliphatic rings. The van der Waals surface area contributed by atoms with Crippen molar-refractivity contribution in [2.75, 3.05) is 13.1 Å². The van der Waals surface area contributed by atoms with Crippen molar-refractivity contribution in [3.8, 4) is 0 Å². The van der Waals surface area contributed by atoms with Gasteiger partial charge in [-0.15, -0.1) is 6.58 Å². The van der Waals surface area contributed by atoms with Gasteiger partial charge >= 0.3 is 5.97 Å². The van der Waals surface area contributed by atoms with Crippen LogP contribution in [0.25, 0.3) is 0 Å². The summed E-state index contributed by atoms with van der Waals surface area (Å²) in [6.45, 7) is 7.56. The minimum absolute atomic E-state index is 0.0970. The van der Waals surface area contributed by atoms with E-state index in [9.17, 15) is 9.59 Å². The van der Waals surface area contributed by atoms with Crippen molar-refractivity contribution in [3.63, 3.8) is 0 Å². The molecule has 0 aliphatic carbocycles. The molecule has 0 aliphatic heterocycles. The molecule has 0 aromatic heterocycles. The Hall–Kier alpha value is -1.36. The van der Waals surface area contributed by atoms with Gasteiger partial charge < -0.3 is 15.7 Å². The highest BCUT2D eigenvalue weighted by atomic mass is 16.4. The molecule has 0 unspecified atom stereocenters. The molecule has 0 aromatic carbocycles. The topological polar surface area (TPSA) is 78.4 Å². The number of hydrogen-bond acceptors (Lipinski definition) is 3. The Morgan fingerprint density at radius 3 is 2.53 bits per heavy atom. The minimum atomic E-state index is -0.931. The molecule has 15 heavy (non-hydrogen) atoms. The first-order valence-corrected chi connectivity index (χ1v) is 4.72. The third kappa shape index (κ3) is 7.69. The summed E-state index contributed by atoms with van der Waals surface area (Å²) in [7, 11) is 0. The predicted molar refractivity (Wildman–Crippen MR) is 57.5 cm³/mol. The molecule has 0 bridgehead atoms. The van der Waals surface area contributed by atoms with Crippen molar-refractivity contribution in [1.82, 2.24) is 10.6 Å². The number of carboxylic acids is 1. The van der Waals surface area contributed by atoms with E-state index in [4.69, 9.17) is 5.11 Å². The fourth-order valence-electron chi connectivity index (χ4n) is 1.13. The Balaban J connectivity index is 3.92. The molecule has 0 atom stereocenters. The van der Waals surface area contributed by atoms with Crippen molar-refractivity contribution >= 4 is 11.9 Å². The molecule has 0 heterocycles. The van der Waals surface area contributed by atoms with E-state index in [-0.39, 0.29) is 18.9 Å². The molecular formula is C10H18N2O3. The molecule has 0 saturated carbocycles. The SMILES string of the molecule is C=CCNCC(=O)NC(C)(C)CC(=O)O. The zero-order valence-corrected chi connectivity index (χ0v) is 9.17. The van der Waals surface area contributed by atoms with E-state index in [1.54, 1.807) is 19.9 Å². The van der Waals surface area contributed by atoms with E-state index >= 15 is 0 Å². The van der Waals surface area contributed by atoms with Gasteiger partial charge in [-0.2, -0.15) is 0 Å². The van der Waals surface area contributed by atoms with Crippen LogP contribution in [0.4, 0.5) is 0 Å². The molecule has 0 fully saturated rings. The number of aliphatic carboxylic acids is 1. The number of nitrogens with one attached hydrogen (secondary N) is 2. The summed E-state index contributed by atoms with van der Waals surface area (Å²) in [6.07, 6.45) is 1.55. The number of hydrogen-bond donors (Lipinski definition) is 3. The average Bonchev–Trinajstić information content (AvgIpc) is 2.00. The van der Waals surface area contributed by atoms with Gasteiger partial charge in [0.15, 0.2) is 0 Å². The van der Waals surface area contributed by atoms with Crippen LogP contribution >= 0.6 is 0 Å². The largest absolute Gasteiger partial charge is 0.481 e. The molecule has 0 saturated heterocycles. The fraction of sp³-hybridized carbons (Fsp3) is 0.600. The molecule has 0 radical (unpaired) electrons. The van der Waals surface area contributed by atoms with Gasteiger partial charge in [-0.1, -0.05) is 6.08 Å². The second-order valence-electron chi connectivity index (χ2n) is 3.92. The number of carboxylic acid groups (broad SMARTS) is 1. The van der Waals surface area contributed by atoms with Crippen molar-refractivity contribution < 1.29 is 14.7 Å². The maximum Gasteiger partial charge on any atom is 0.305 e. The number of rotatable bonds is 7. The Labute approximate surface area is 89.6 Å². The molecular weight excluding hydrogens is 196 g/mol. The fourth-order valence-corrected chi connectivity index (χ4v) is 1.13. The Bertz CT molecular complexity index is 249. The predicted octanol–water partition coefficient (Wildman–Crippen LogP) is 0.131. The lowest BCUT2D eigenvalue weighted by Crippen LogP contribution is -2.48. The molecule has 5 heteroatoms. The zero-order chi connectivity index (χ0) is 11.9. The van der Waals surface area contributed by atoms with E-state index in [1.165, 1.54) is 0 Å². The Morgan fingerprint density at radius 1 is 1.47 bits per heavy atom. The van der Waals surface area contributed by atoms with Gasteiger partial charge in [0.1, 0.15) is 0 Å². The smallest absolute Gasteiger partial charge is 0.305 e. The summed E-state index contributed by atoms with van der Waals surface area (Å²) in [6, 6.07) is 0. The van der Waals surface area contributed by atoms with Crippen LogP contribution in [0.2, 0.25) is 0 Å². The van der Waals surface area contributed by atoms with Gasteiger partial charge in [-0.25, -0.2) is 0 Å². The van der Waals surface area contributed by atoms with Gasteiger partial charge in [0, 0.05) is 12.1 Å². The zero-order valence-electron chi connectivity index (χ0n) is 9.17. The normalized spacial score (nSPS) is 10.8. The van der Waals surface area contributed by atoms with Crippen LogP contribution in [-0.2, 0) is 9.59 Å². The molecule has 0 spiro atoms. The van der Waals surface area contributed by atoms with Crippen LogP contribution in [0, 0.1) is 0 Å². The minimum Gasteiger partial charge on any atom is -0.481 e. The summed E-state index contributed by atoms with van der Waals surface area (Å²) in [5, 5.41) is 14.1. The Kier molecular flexibility index (Phi) is 5.62. The van der Waals surface area contributed by atoms with Gasteiger partial charge in [0.25, 0.3) is 0 Å². The van der Waals surface area contributed by atoms with Crippen LogP contribution in [0.5, 0.6) is 0 Å². The lowest BCUT2D eigenvalue weighted by atomic mass is 10.0. The van der Waals surface area contributed by atoms with Crippen molar-refractivity contribution in [2.24, 2.45) is 0 Å². The highest BCUT2D eigenvalue weighted by molar-refractivity contribution is 5.79. The van der Waals surface area contributed by atoms with Crippen LogP contribution in [-0.4, -0.2) is 35.6 Å². The van der Waals surface area contributed by atoms with E-state index in [1.807, 2.05) is 0 Å². The molecule has 1 amide bonds. The number of carbonyl (C=O) groups is 2.